The molecular formula is C14H14ClN3O2. The number of carbonyl (C=O) groups is 1. The van der Waals surface area contributed by atoms with E-state index in [1.54, 1.807) is 21.8 Å². The second kappa shape index (κ2) is 5.26. The Bertz CT molecular complexity index is 641. The summed E-state index contributed by atoms with van der Waals surface area (Å²) in [6, 6.07) is 7.31. The molecule has 104 valence electrons. The monoisotopic (exact) mass is 291 g/mol. The molecule has 2 aromatic rings. The van der Waals surface area contributed by atoms with E-state index in [-0.39, 0.29) is 5.91 Å². The molecule has 1 aromatic carbocycles. The quantitative estimate of drug-likeness (QED) is 0.917. The maximum Gasteiger partial charge on any atom is 0.257 e. The van der Waals surface area contributed by atoms with Crippen molar-refractivity contribution in [2.45, 2.75) is 12.5 Å². The van der Waals surface area contributed by atoms with Crippen LogP contribution in [0.25, 0.3) is 5.69 Å². The Morgan fingerprint density at radius 1 is 1.40 bits per heavy atom. The van der Waals surface area contributed by atoms with Crippen molar-refractivity contribution in [1.82, 2.24) is 14.7 Å². The second-order valence-corrected chi connectivity index (χ2v) is 5.23. The van der Waals surface area contributed by atoms with Crippen LogP contribution in [0.1, 0.15) is 16.8 Å². The van der Waals surface area contributed by atoms with E-state index in [0.29, 0.717) is 30.1 Å². The zero-order valence-corrected chi connectivity index (χ0v) is 11.5. The summed E-state index contributed by atoms with van der Waals surface area (Å²) in [5.41, 5.74) is 1.23. The smallest absolute Gasteiger partial charge is 0.257 e. The number of aliphatic hydroxyl groups excluding tert-OH is 1. The molecule has 1 amide bonds. The van der Waals surface area contributed by atoms with Crippen LogP contribution in [0, 0.1) is 0 Å². The number of likely N-dealkylation sites (tertiary alicyclic amines) is 1. The average molecular weight is 292 g/mol. The first-order chi connectivity index (χ1) is 9.65. The molecule has 6 heteroatoms. The summed E-state index contributed by atoms with van der Waals surface area (Å²) >= 11 is 6.10. The minimum absolute atomic E-state index is 0.111. The Labute approximate surface area is 121 Å². The third-order valence-corrected chi connectivity index (χ3v) is 3.70. The Hall–Kier alpha value is -1.85. The SMILES string of the molecule is O=C(c1cnn(-c2ccccc2Cl)c1)N1CC[C@@H](O)C1. The number of rotatable bonds is 2. The molecule has 1 aromatic heterocycles. The van der Waals surface area contributed by atoms with Crippen LogP contribution in [-0.4, -0.2) is 44.9 Å². The summed E-state index contributed by atoms with van der Waals surface area (Å²) in [7, 11) is 0. The van der Waals surface area contributed by atoms with Gasteiger partial charge in [-0.05, 0) is 18.6 Å². The van der Waals surface area contributed by atoms with Gasteiger partial charge < -0.3 is 10.0 Å². The number of aromatic nitrogens is 2. The summed E-state index contributed by atoms with van der Waals surface area (Å²) in [6.07, 6.45) is 3.40. The number of amides is 1. The van der Waals surface area contributed by atoms with E-state index >= 15 is 0 Å². The fourth-order valence-electron chi connectivity index (χ4n) is 2.31. The van der Waals surface area contributed by atoms with Gasteiger partial charge in [0.2, 0.25) is 0 Å². The number of β-amino-alcohol motifs (C(OH)–C–C–N with tert-alkyl or cyclic N) is 1. The molecule has 0 saturated carbocycles. The van der Waals surface area contributed by atoms with Crippen LogP contribution in [0.3, 0.4) is 0 Å². The summed E-state index contributed by atoms with van der Waals surface area (Å²) < 4.78 is 1.59. The highest BCUT2D eigenvalue weighted by molar-refractivity contribution is 6.32. The fourth-order valence-corrected chi connectivity index (χ4v) is 2.53. The molecule has 0 bridgehead atoms. The van der Waals surface area contributed by atoms with Crippen molar-refractivity contribution < 1.29 is 9.90 Å². The normalized spacial score (nSPS) is 18.5. The van der Waals surface area contributed by atoms with Gasteiger partial charge in [-0.25, -0.2) is 4.68 Å². The fraction of sp³-hybridized carbons (Fsp3) is 0.286. The average Bonchev–Trinajstić information content (AvgIpc) is 3.07. The van der Waals surface area contributed by atoms with Gasteiger partial charge in [0.25, 0.3) is 5.91 Å². The van der Waals surface area contributed by atoms with Crippen molar-refractivity contribution >= 4 is 17.5 Å². The van der Waals surface area contributed by atoms with Crippen LogP contribution in [0.2, 0.25) is 5.02 Å². The molecule has 1 saturated heterocycles. The highest BCUT2D eigenvalue weighted by atomic mass is 35.5. The van der Waals surface area contributed by atoms with E-state index in [0.717, 1.165) is 5.69 Å². The predicted molar refractivity (Wildman–Crippen MR) is 75.1 cm³/mol. The number of nitrogens with zero attached hydrogens (tertiary/aromatic N) is 3. The van der Waals surface area contributed by atoms with E-state index in [2.05, 4.69) is 5.10 Å². The maximum atomic E-state index is 12.3. The van der Waals surface area contributed by atoms with Crippen LogP contribution in [0.4, 0.5) is 0 Å². The van der Waals surface area contributed by atoms with Crippen molar-refractivity contribution in [2.24, 2.45) is 0 Å². The molecule has 0 radical (unpaired) electrons. The van der Waals surface area contributed by atoms with Crippen molar-refractivity contribution in [2.75, 3.05) is 13.1 Å². The molecule has 2 heterocycles. The van der Waals surface area contributed by atoms with Gasteiger partial charge in [-0.2, -0.15) is 5.10 Å². The molecule has 20 heavy (non-hydrogen) atoms. The van der Waals surface area contributed by atoms with Gasteiger partial charge in [0.15, 0.2) is 0 Å². The Kier molecular flexibility index (Phi) is 3.46. The summed E-state index contributed by atoms with van der Waals surface area (Å²) in [5, 5.41) is 14.2. The lowest BCUT2D eigenvalue weighted by Crippen LogP contribution is -2.29. The second-order valence-electron chi connectivity index (χ2n) is 4.82. The molecule has 1 N–H and O–H groups in total. The van der Waals surface area contributed by atoms with Crippen LogP contribution >= 0.6 is 11.6 Å². The van der Waals surface area contributed by atoms with Gasteiger partial charge in [-0.15, -0.1) is 0 Å². The summed E-state index contributed by atoms with van der Waals surface area (Å²) in [4.78, 5) is 13.9. The minimum atomic E-state index is -0.419. The molecule has 3 rings (SSSR count). The number of hydrogen-bond acceptors (Lipinski definition) is 3. The van der Waals surface area contributed by atoms with Crippen LogP contribution in [0.15, 0.2) is 36.7 Å². The standard InChI is InChI=1S/C14H14ClN3O2/c15-12-3-1-2-4-13(12)18-8-10(7-16-18)14(20)17-6-5-11(19)9-17/h1-4,7-8,11,19H,5-6,9H2/t11-/m1/s1. The lowest BCUT2D eigenvalue weighted by Gasteiger charge is -2.13. The molecule has 1 aliphatic rings. The van der Waals surface area contributed by atoms with E-state index < -0.39 is 6.10 Å². The van der Waals surface area contributed by atoms with E-state index in [1.807, 2.05) is 18.2 Å². The highest BCUT2D eigenvalue weighted by Gasteiger charge is 2.26. The van der Waals surface area contributed by atoms with Crippen molar-refractivity contribution in [1.29, 1.82) is 0 Å². The molecule has 1 atom stereocenters. The van der Waals surface area contributed by atoms with Gasteiger partial charge in [-0.3, -0.25) is 4.79 Å². The third-order valence-electron chi connectivity index (χ3n) is 3.38. The summed E-state index contributed by atoms with van der Waals surface area (Å²) in [6.45, 7) is 0.966. The molecule has 1 fully saturated rings. The van der Waals surface area contributed by atoms with Gasteiger partial charge in [0.05, 0.1) is 28.6 Å². The number of halogens is 1. The number of hydrogen-bond donors (Lipinski definition) is 1. The number of para-hydroxylation sites is 1. The Balaban J connectivity index is 1.84. The minimum Gasteiger partial charge on any atom is -0.391 e. The number of carbonyl (C=O) groups excluding carboxylic acids is 1. The topological polar surface area (TPSA) is 58.4 Å². The maximum absolute atomic E-state index is 12.3. The first-order valence-electron chi connectivity index (χ1n) is 6.42. The number of benzene rings is 1. The molecule has 1 aliphatic heterocycles. The Morgan fingerprint density at radius 2 is 2.20 bits per heavy atom. The zero-order valence-electron chi connectivity index (χ0n) is 10.7. The van der Waals surface area contributed by atoms with Crippen molar-refractivity contribution in [3.63, 3.8) is 0 Å². The van der Waals surface area contributed by atoms with Crippen molar-refractivity contribution in [3.8, 4) is 5.69 Å². The van der Waals surface area contributed by atoms with Crippen molar-refractivity contribution in [3.05, 3.63) is 47.2 Å². The third kappa shape index (κ3) is 2.42. The van der Waals surface area contributed by atoms with Gasteiger partial charge >= 0.3 is 0 Å². The molecule has 0 aliphatic carbocycles. The van der Waals surface area contributed by atoms with Crippen LogP contribution < -0.4 is 0 Å². The zero-order chi connectivity index (χ0) is 14.1. The molecular weight excluding hydrogens is 278 g/mol. The lowest BCUT2D eigenvalue weighted by atomic mass is 10.3. The van der Waals surface area contributed by atoms with E-state index in [1.165, 1.54) is 6.20 Å². The predicted octanol–water partition coefficient (Wildman–Crippen LogP) is 1.73. The molecule has 5 nitrogen and oxygen atoms in total. The largest absolute Gasteiger partial charge is 0.391 e. The first-order valence-corrected chi connectivity index (χ1v) is 6.80. The molecule has 0 spiro atoms. The summed E-state index contributed by atoms with van der Waals surface area (Å²) in [5.74, 6) is -0.111. The first kappa shape index (κ1) is 13.1. The van der Waals surface area contributed by atoms with Gasteiger partial charge in [0, 0.05) is 19.3 Å². The van der Waals surface area contributed by atoms with Gasteiger partial charge in [-0.1, -0.05) is 23.7 Å². The van der Waals surface area contributed by atoms with Gasteiger partial charge in [0.1, 0.15) is 0 Å². The van der Waals surface area contributed by atoms with E-state index in [4.69, 9.17) is 11.6 Å². The lowest BCUT2D eigenvalue weighted by molar-refractivity contribution is 0.0765. The van der Waals surface area contributed by atoms with Crippen LogP contribution in [0.5, 0.6) is 0 Å². The van der Waals surface area contributed by atoms with Crippen LogP contribution in [-0.2, 0) is 0 Å². The van der Waals surface area contributed by atoms with E-state index in [9.17, 15) is 9.90 Å². The Morgan fingerprint density at radius 3 is 2.90 bits per heavy atom. The highest BCUT2D eigenvalue weighted by Crippen LogP contribution is 2.20. The molecule has 0 unspecified atom stereocenters. The number of aliphatic hydroxyl groups is 1.